The number of hydrogen-bond acceptors (Lipinski definition) is 2. The molecule has 0 bridgehead atoms. The topological polar surface area (TPSA) is 24.1 Å². The summed E-state index contributed by atoms with van der Waals surface area (Å²) in [5.41, 5.74) is 0.818. The van der Waals surface area contributed by atoms with Crippen molar-refractivity contribution < 1.29 is 0 Å². The van der Waals surface area contributed by atoms with Crippen LogP contribution in [0, 0.1) is 5.41 Å². The molecule has 1 aliphatic carbocycles. The largest absolute Gasteiger partial charge is 0.319 e. The summed E-state index contributed by atoms with van der Waals surface area (Å²) in [7, 11) is 2.05. The molecule has 2 nitrogen and oxygen atoms in total. The molecule has 0 aromatic heterocycles. The lowest BCUT2D eigenvalue weighted by atomic mass is 9.68. The molecule has 0 aliphatic heterocycles. The van der Waals surface area contributed by atoms with Gasteiger partial charge in [-0.05, 0) is 46.1 Å². The van der Waals surface area contributed by atoms with Gasteiger partial charge >= 0.3 is 0 Å². The summed E-state index contributed by atoms with van der Waals surface area (Å²) in [6, 6.07) is 0. The Morgan fingerprint density at radius 1 is 1.15 bits per heavy atom. The lowest BCUT2D eigenvalue weighted by Crippen LogP contribution is -2.50. The van der Waals surface area contributed by atoms with Gasteiger partial charge in [0.1, 0.15) is 0 Å². The molecule has 0 spiro atoms. The van der Waals surface area contributed by atoms with Crippen molar-refractivity contribution in [3.8, 4) is 0 Å². The first kappa shape index (κ1) is 11.0. The van der Waals surface area contributed by atoms with Crippen LogP contribution in [0.4, 0.5) is 0 Å². The van der Waals surface area contributed by atoms with E-state index in [-0.39, 0.29) is 5.54 Å². The van der Waals surface area contributed by atoms with Gasteiger partial charge in [0, 0.05) is 18.6 Å². The Labute approximate surface area is 82.5 Å². The van der Waals surface area contributed by atoms with Crippen LogP contribution >= 0.6 is 0 Å². The first-order valence-corrected chi connectivity index (χ1v) is 5.37. The van der Waals surface area contributed by atoms with Crippen molar-refractivity contribution in [3.05, 3.63) is 0 Å². The van der Waals surface area contributed by atoms with E-state index in [1.807, 2.05) is 0 Å². The van der Waals surface area contributed by atoms with Gasteiger partial charge in [0.15, 0.2) is 0 Å². The normalized spacial score (nSPS) is 21.2. The van der Waals surface area contributed by atoms with Crippen molar-refractivity contribution >= 4 is 0 Å². The van der Waals surface area contributed by atoms with E-state index in [2.05, 4.69) is 38.5 Å². The molecule has 0 heterocycles. The van der Waals surface area contributed by atoms with Crippen LogP contribution in [0.2, 0.25) is 0 Å². The van der Waals surface area contributed by atoms with Crippen molar-refractivity contribution in [2.75, 3.05) is 20.1 Å². The van der Waals surface area contributed by atoms with Crippen molar-refractivity contribution in [2.24, 2.45) is 5.41 Å². The maximum Gasteiger partial charge on any atom is 0.00967 e. The molecule has 0 unspecified atom stereocenters. The molecule has 0 amide bonds. The molecular formula is C11H24N2. The third-order valence-electron chi connectivity index (χ3n) is 2.96. The average molecular weight is 184 g/mol. The SMILES string of the molecule is CNCC1(CNC(C)(C)C)CCC1. The molecule has 0 aromatic rings. The van der Waals surface area contributed by atoms with Gasteiger partial charge in [-0.25, -0.2) is 0 Å². The minimum Gasteiger partial charge on any atom is -0.319 e. The highest BCUT2D eigenvalue weighted by atomic mass is 15.0. The Kier molecular flexibility index (Phi) is 3.36. The van der Waals surface area contributed by atoms with Crippen LogP contribution < -0.4 is 10.6 Å². The second-order valence-corrected chi connectivity index (χ2v) is 5.49. The van der Waals surface area contributed by atoms with Crippen LogP contribution in [0.15, 0.2) is 0 Å². The molecule has 0 atom stereocenters. The van der Waals surface area contributed by atoms with Crippen molar-refractivity contribution in [1.29, 1.82) is 0 Å². The summed E-state index contributed by atoms with van der Waals surface area (Å²) in [5, 5.41) is 6.92. The van der Waals surface area contributed by atoms with E-state index in [4.69, 9.17) is 0 Å². The predicted molar refractivity (Wildman–Crippen MR) is 58.0 cm³/mol. The van der Waals surface area contributed by atoms with Crippen LogP contribution in [0.5, 0.6) is 0 Å². The highest BCUT2D eigenvalue weighted by molar-refractivity contribution is 4.92. The Morgan fingerprint density at radius 3 is 2.08 bits per heavy atom. The van der Waals surface area contributed by atoms with E-state index in [0.717, 1.165) is 13.1 Å². The molecule has 2 heteroatoms. The van der Waals surface area contributed by atoms with E-state index < -0.39 is 0 Å². The standard InChI is InChI=1S/C11H24N2/c1-10(2,3)13-9-11(8-12-4)6-5-7-11/h12-13H,5-9H2,1-4H3. The molecule has 1 fully saturated rings. The Hall–Kier alpha value is -0.0800. The number of nitrogens with one attached hydrogen (secondary N) is 2. The van der Waals surface area contributed by atoms with Gasteiger partial charge in [-0.3, -0.25) is 0 Å². The van der Waals surface area contributed by atoms with Crippen LogP contribution in [-0.2, 0) is 0 Å². The second kappa shape index (κ2) is 3.97. The molecule has 0 aromatic carbocycles. The zero-order chi connectivity index (χ0) is 9.95. The van der Waals surface area contributed by atoms with Crippen LogP contribution in [-0.4, -0.2) is 25.7 Å². The zero-order valence-electron chi connectivity index (χ0n) is 9.54. The summed E-state index contributed by atoms with van der Waals surface area (Å²) in [5.74, 6) is 0. The minimum atomic E-state index is 0.260. The average Bonchev–Trinajstić information content (AvgIpc) is 1.92. The summed E-state index contributed by atoms with van der Waals surface area (Å²) in [4.78, 5) is 0. The monoisotopic (exact) mass is 184 g/mol. The lowest BCUT2D eigenvalue weighted by Gasteiger charge is -2.43. The molecule has 13 heavy (non-hydrogen) atoms. The number of rotatable bonds is 4. The minimum absolute atomic E-state index is 0.260. The Morgan fingerprint density at radius 2 is 1.77 bits per heavy atom. The highest BCUT2D eigenvalue weighted by Gasteiger charge is 2.36. The van der Waals surface area contributed by atoms with Gasteiger partial charge in [0.25, 0.3) is 0 Å². The van der Waals surface area contributed by atoms with Gasteiger partial charge in [-0.1, -0.05) is 6.42 Å². The van der Waals surface area contributed by atoms with E-state index in [1.165, 1.54) is 19.3 Å². The maximum atomic E-state index is 3.61. The molecule has 2 N–H and O–H groups in total. The second-order valence-electron chi connectivity index (χ2n) is 5.49. The van der Waals surface area contributed by atoms with Crippen LogP contribution in [0.1, 0.15) is 40.0 Å². The fraction of sp³-hybridized carbons (Fsp3) is 1.00. The fourth-order valence-electron chi connectivity index (χ4n) is 1.92. The summed E-state index contributed by atoms with van der Waals surface area (Å²) < 4.78 is 0. The van der Waals surface area contributed by atoms with E-state index >= 15 is 0 Å². The molecule has 1 rings (SSSR count). The zero-order valence-corrected chi connectivity index (χ0v) is 9.54. The van der Waals surface area contributed by atoms with Crippen molar-refractivity contribution in [3.63, 3.8) is 0 Å². The van der Waals surface area contributed by atoms with Crippen molar-refractivity contribution in [1.82, 2.24) is 10.6 Å². The fourth-order valence-corrected chi connectivity index (χ4v) is 1.92. The summed E-state index contributed by atoms with van der Waals surface area (Å²) in [6.45, 7) is 9.03. The summed E-state index contributed by atoms with van der Waals surface area (Å²) >= 11 is 0. The van der Waals surface area contributed by atoms with Crippen LogP contribution in [0.3, 0.4) is 0 Å². The van der Waals surface area contributed by atoms with Gasteiger partial charge in [0.05, 0.1) is 0 Å². The Bertz CT molecular complexity index is 154. The third kappa shape index (κ3) is 3.28. The molecule has 78 valence electrons. The maximum absolute atomic E-state index is 3.61. The molecule has 0 saturated heterocycles. The smallest absolute Gasteiger partial charge is 0.00967 e. The van der Waals surface area contributed by atoms with Gasteiger partial charge in [-0.15, -0.1) is 0 Å². The molecular weight excluding hydrogens is 160 g/mol. The first-order valence-electron chi connectivity index (χ1n) is 5.37. The van der Waals surface area contributed by atoms with E-state index in [1.54, 1.807) is 0 Å². The molecule has 1 saturated carbocycles. The third-order valence-corrected chi connectivity index (χ3v) is 2.96. The molecule has 1 aliphatic rings. The van der Waals surface area contributed by atoms with Crippen LogP contribution in [0.25, 0.3) is 0 Å². The number of hydrogen-bond donors (Lipinski definition) is 2. The summed E-state index contributed by atoms with van der Waals surface area (Å²) in [6.07, 6.45) is 4.18. The highest BCUT2D eigenvalue weighted by Crippen LogP contribution is 2.39. The lowest BCUT2D eigenvalue weighted by molar-refractivity contribution is 0.119. The quantitative estimate of drug-likeness (QED) is 0.696. The van der Waals surface area contributed by atoms with E-state index in [0.29, 0.717) is 5.41 Å². The van der Waals surface area contributed by atoms with Gasteiger partial charge < -0.3 is 10.6 Å². The van der Waals surface area contributed by atoms with Gasteiger partial charge in [-0.2, -0.15) is 0 Å². The Balaban J connectivity index is 2.32. The molecule has 0 radical (unpaired) electrons. The first-order chi connectivity index (χ1) is 5.97. The van der Waals surface area contributed by atoms with Crippen molar-refractivity contribution in [2.45, 2.75) is 45.6 Å². The van der Waals surface area contributed by atoms with Gasteiger partial charge in [0.2, 0.25) is 0 Å². The predicted octanol–water partition coefficient (Wildman–Crippen LogP) is 1.76. The van der Waals surface area contributed by atoms with E-state index in [9.17, 15) is 0 Å².